The van der Waals surface area contributed by atoms with Gasteiger partial charge in [-0.1, -0.05) is 6.07 Å². The van der Waals surface area contributed by atoms with Crippen molar-refractivity contribution in [1.82, 2.24) is 5.32 Å². The second-order valence-corrected chi connectivity index (χ2v) is 4.54. The Morgan fingerprint density at radius 2 is 2.22 bits per heavy atom. The van der Waals surface area contributed by atoms with E-state index in [2.05, 4.69) is 5.32 Å². The first kappa shape index (κ1) is 14.4. The van der Waals surface area contributed by atoms with E-state index in [9.17, 15) is 9.59 Å². The average molecular weight is 269 g/mol. The van der Waals surface area contributed by atoms with Crippen molar-refractivity contribution in [3.63, 3.8) is 0 Å². The molecule has 0 heterocycles. The molecule has 0 bridgehead atoms. The lowest BCUT2D eigenvalue weighted by Crippen LogP contribution is -2.26. The number of carbonyl (C=O) groups is 2. The summed E-state index contributed by atoms with van der Waals surface area (Å²) in [5.41, 5.74) is 0.526. The third kappa shape index (κ3) is 5.09. The Bertz CT molecular complexity index is 422. The molecule has 5 nitrogen and oxygen atoms in total. The van der Waals surface area contributed by atoms with Crippen molar-refractivity contribution in [1.29, 1.82) is 0 Å². The van der Waals surface area contributed by atoms with E-state index in [-0.39, 0.29) is 11.7 Å². The van der Waals surface area contributed by atoms with Crippen LogP contribution in [0.2, 0.25) is 0 Å². The monoisotopic (exact) mass is 269 g/mol. The molecule has 0 saturated carbocycles. The molecule has 1 rings (SSSR count). The molecule has 0 radical (unpaired) electrons. The highest BCUT2D eigenvalue weighted by Gasteiger charge is 2.05. The van der Waals surface area contributed by atoms with Crippen LogP contribution >= 0.6 is 11.8 Å². The first-order chi connectivity index (χ1) is 8.63. The number of nitrogens with one attached hydrogen (secondary N) is 1. The maximum atomic E-state index is 11.7. The zero-order valence-electron chi connectivity index (χ0n) is 10.0. The highest BCUT2D eigenvalue weighted by atomic mass is 32.2. The molecule has 6 heteroatoms. The number of thioether (sulfide) groups is 1. The summed E-state index contributed by atoms with van der Waals surface area (Å²) in [5.74, 6) is 0.212. The van der Waals surface area contributed by atoms with Gasteiger partial charge >= 0.3 is 5.97 Å². The Labute approximate surface area is 110 Å². The quantitative estimate of drug-likeness (QED) is 0.728. The van der Waals surface area contributed by atoms with Crippen LogP contribution < -0.4 is 10.1 Å². The molecule has 1 aromatic carbocycles. The lowest BCUT2D eigenvalue weighted by molar-refractivity contribution is -0.133. The number of carboxylic acids is 1. The molecule has 0 aromatic heterocycles. The van der Waals surface area contributed by atoms with Crippen LogP contribution in [0.25, 0.3) is 0 Å². The van der Waals surface area contributed by atoms with Crippen LogP contribution in [0.4, 0.5) is 0 Å². The van der Waals surface area contributed by atoms with E-state index in [1.807, 2.05) is 0 Å². The zero-order chi connectivity index (χ0) is 13.4. The van der Waals surface area contributed by atoms with E-state index >= 15 is 0 Å². The lowest BCUT2D eigenvalue weighted by Gasteiger charge is -2.06. The third-order valence-corrected chi connectivity index (χ3v) is 3.03. The summed E-state index contributed by atoms with van der Waals surface area (Å²) in [6.45, 7) is 0.438. The molecule has 0 spiro atoms. The molecule has 98 valence electrons. The van der Waals surface area contributed by atoms with Crippen molar-refractivity contribution in [2.45, 2.75) is 0 Å². The van der Waals surface area contributed by atoms with E-state index in [0.717, 1.165) is 0 Å². The Hall–Kier alpha value is -1.69. The molecule has 0 aliphatic rings. The number of benzene rings is 1. The SMILES string of the molecule is COc1cccc(C(=O)NCCSCC(=O)O)c1. The largest absolute Gasteiger partial charge is 0.497 e. The van der Waals surface area contributed by atoms with E-state index in [1.54, 1.807) is 31.4 Å². The fraction of sp³-hybridized carbons (Fsp3) is 0.333. The van der Waals surface area contributed by atoms with Gasteiger partial charge in [-0.2, -0.15) is 0 Å². The number of amides is 1. The van der Waals surface area contributed by atoms with Crippen molar-refractivity contribution in [2.75, 3.05) is 25.2 Å². The molecule has 0 unspecified atom stereocenters. The minimum Gasteiger partial charge on any atom is -0.497 e. The van der Waals surface area contributed by atoms with Crippen molar-refractivity contribution in [3.8, 4) is 5.75 Å². The summed E-state index contributed by atoms with van der Waals surface area (Å²) in [5, 5.41) is 11.2. The fourth-order valence-corrected chi connectivity index (χ4v) is 1.83. The Kier molecular flexibility index (Phi) is 6.07. The van der Waals surface area contributed by atoms with Crippen LogP contribution in [-0.2, 0) is 4.79 Å². The van der Waals surface area contributed by atoms with Gasteiger partial charge in [0, 0.05) is 17.9 Å². The number of hydrogen-bond donors (Lipinski definition) is 2. The summed E-state index contributed by atoms with van der Waals surface area (Å²) < 4.78 is 5.03. The number of aliphatic carboxylic acids is 1. The molecule has 1 aromatic rings. The number of hydrogen-bond acceptors (Lipinski definition) is 4. The first-order valence-electron chi connectivity index (χ1n) is 5.35. The van der Waals surface area contributed by atoms with Gasteiger partial charge in [0.1, 0.15) is 5.75 Å². The topological polar surface area (TPSA) is 75.6 Å². The van der Waals surface area contributed by atoms with Crippen LogP contribution in [0.3, 0.4) is 0 Å². The summed E-state index contributed by atoms with van der Waals surface area (Å²) in [6, 6.07) is 6.86. The maximum absolute atomic E-state index is 11.7. The number of carboxylic acid groups (broad SMARTS) is 1. The summed E-state index contributed by atoms with van der Waals surface area (Å²) in [7, 11) is 1.54. The van der Waals surface area contributed by atoms with Crippen molar-refractivity contribution < 1.29 is 19.4 Å². The molecule has 1 amide bonds. The fourth-order valence-electron chi connectivity index (χ4n) is 1.26. The average Bonchev–Trinajstić information content (AvgIpc) is 2.37. The smallest absolute Gasteiger partial charge is 0.313 e. The molecule has 0 saturated heterocycles. The zero-order valence-corrected chi connectivity index (χ0v) is 10.8. The van der Waals surface area contributed by atoms with Gasteiger partial charge in [-0.25, -0.2) is 0 Å². The standard InChI is InChI=1S/C12H15NO4S/c1-17-10-4-2-3-9(7-10)12(16)13-5-6-18-8-11(14)15/h2-4,7H,5-6,8H2,1H3,(H,13,16)(H,14,15). The highest BCUT2D eigenvalue weighted by molar-refractivity contribution is 7.99. The minimum atomic E-state index is -0.848. The Morgan fingerprint density at radius 3 is 2.89 bits per heavy atom. The predicted molar refractivity (Wildman–Crippen MR) is 70.3 cm³/mol. The van der Waals surface area contributed by atoms with Gasteiger partial charge in [0.2, 0.25) is 0 Å². The minimum absolute atomic E-state index is 0.0506. The van der Waals surface area contributed by atoms with Crippen LogP contribution in [0.1, 0.15) is 10.4 Å². The van der Waals surface area contributed by atoms with Gasteiger partial charge in [-0.3, -0.25) is 9.59 Å². The molecule has 0 aliphatic carbocycles. The number of ether oxygens (including phenoxy) is 1. The predicted octanol–water partition coefficient (Wildman–Crippen LogP) is 1.24. The number of carbonyl (C=O) groups excluding carboxylic acids is 1. The van der Waals surface area contributed by atoms with Crippen molar-refractivity contribution >= 4 is 23.6 Å². The lowest BCUT2D eigenvalue weighted by atomic mass is 10.2. The summed E-state index contributed by atoms with van der Waals surface area (Å²) >= 11 is 1.27. The van der Waals surface area contributed by atoms with Gasteiger partial charge in [0.05, 0.1) is 12.9 Å². The van der Waals surface area contributed by atoms with Crippen LogP contribution in [0, 0.1) is 0 Å². The summed E-state index contributed by atoms with van der Waals surface area (Å²) in [4.78, 5) is 22.0. The van der Waals surface area contributed by atoms with Crippen LogP contribution in [0.15, 0.2) is 24.3 Å². The second kappa shape index (κ2) is 7.60. The van der Waals surface area contributed by atoms with Crippen LogP contribution in [0.5, 0.6) is 5.75 Å². The van der Waals surface area contributed by atoms with E-state index in [0.29, 0.717) is 23.6 Å². The highest BCUT2D eigenvalue weighted by Crippen LogP contribution is 2.12. The number of rotatable bonds is 7. The van der Waals surface area contributed by atoms with Gasteiger partial charge in [0.25, 0.3) is 5.91 Å². The van der Waals surface area contributed by atoms with Crippen molar-refractivity contribution in [3.05, 3.63) is 29.8 Å². The van der Waals surface area contributed by atoms with E-state index < -0.39 is 5.97 Å². The molecule has 2 N–H and O–H groups in total. The van der Waals surface area contributed by atoms with Crippen LogP contribution in [-0.4, -0.2) is 42.1 Å². The van der Waals surface area contributed by atoms with Gasteiger partial charge < -0.3 is 15.2 Å². The Balaban J connectivity index is 2.33. The van der Waals surface area contributed by atoms with E-state index in [4.69, 9.17) is 9.84 Å². The molecular weight excluding hydrogens is 254 g/mol. The maximum Gasteiger partial charge on any atom is 0.313 e. The van der Waals surface area contributed by atoms with Gasteiger partial charge in [0.15, 0.2) is 0 Å². The van der Waals surface area contributed by atoms with Crippen molar-refractivity contribution in [2.24, 2.45) is 0 Å². The molecule has 18 heavy (non-hydrogen) atoms. The first-order valence-corrected chi connectivity index (χ1v) is 6.50. The third-order valence-electron chi connectivity index (χ3n) is 2.09. The molecule has 0 fully saturated rings. The van der Waals surface area contributed by atoms with E-state index in [1.165, 1.54) is 11.8 Å². The molecular formula is C12H15NO4S. The summed E-state index contributed by atoms with van der Waals surface area (Å²) in [6.07, 6.45) is 0. The molecule has 0 atom stereocenters. The second-order valence-electron chi connectivity index (χ2n) is 3.43. The van der Waals surface area contributed by atoms with Gasteiger partial charge in [-0.15, -0.1) is 11.8 Å². The Morgan fingerprint density at radius 1 is 1.44 bits per heavy atom. The van der Waals surface area contributed by atoms with Gasteiger partial charge in [-0.05, 0) is 18.2 Å². The molecule has 0 aliphatic heterocycles. The normalized spacial score (nSPS) is 9.83. The number of methoxy groups -OCH3 is 1.